The summed E-state index contributed by atoms with van der Waals surface area (Å²) in [7, 11) is 0. The van der Waals surface area contributed by atoms with Gasteiger partial charge in [0.25, 0.3) is 5.91 Å². The van der Waals surface area contributed by atoms with E-state index in [1.165, 1.54) is 0 Å². The quantitative estimate of drug-likeness (QED) is 0.773. The molecule has 1 amide bonds. The van der Waals surface area contributed by atoms with Gasteiger partial charge in [-0.05, 0) is 28.1 Å². The van der Waals surface area contributed by atoms with Crippen molar-refractivity contribution in [1.82, 2.24) is 5.32 Å². The van der Waals surface area contributed by atoms with Crippen LogP contribution in [0.5, 0.6) is 0 Å². The highest BCUT2D eigenvalue weighted by Gasteiger charge is 2.07. The SMILES string of the molecule is O=C(NCCOCCO)c1ccccc1Br. The Morgan fingerprint density at radius 2 is 2.12 bits per heavy atom. The van der Waals surface area contributed by atoms with E-state index >= 15 is 0 Å². The molecular weight excluding hydrogens is 274 g/mol. The van der Waals surface area contributed by atoms with Gasteiger partial charge in [-0.3, -0.25) is 4.79 Å². The topological polar surface area (TPSA) is 58.6 Å². The van der Waals surface area contributed by atoms with E-state index < -0.39 is 0 Å². The molecule has 0 aliphatic carbocycles. The number of halogens is 1. The van der Waals surface area contributed by atoms with Crippen molar-refractivity contribution in [3.05, 3.63) is 34.3 Å². The van der Waals surface area contributed by atoms with Crippen LogP contribution in [0, 0.1) is 0 Å². The van der Waals surface area contributed by atoms with Gasteiger partial charge >= 0.3 is 0 Å². The van der Waals surface area contributed by atoms with Gasteiger partial charge in [-0.25, -0.2) is 0 Å². The Balaban J connectivity index is 2.33. The summed E-state index contributed by atoms with van der Waals surface area (Å²) in [4.78, 5) is 11.7. The van der Waals surface area contributed by atoms with E-state index in [0.29, 0.717) is 25.3 Å². The van der Waals surface area contributed by atoms with E-state index in [1.54, 1.807) is 6.07 Å². The lowest BCUT2D eigenvalue weighted by atomic mass is 10.2. The smallest absolute Gasteiger partial charge is 0.252 e. The fourth-order valence-corrected chi connectivity index (χ4v) is 1.61. The van der Waals surface area contributed by atoms with Crippen molar-refractivity contribution in [1.29, 1.82) is 0 Å². The lowest BCUT2D eigenvalue weighted by molar-refractivity contribution is 0.0837. The first-order chi connectivity index (χ1) is 7.75. The highest BCUT2D eigenvalue weighted by Crippen LogP contribution is 2.15. The standard InChI is InChI=1S/C11H14BrNO3/c12-10-4-2-1-3-9(10)11(15)13-5-7-16-8-6-14/h1-4,14H,5-8H2,(H,13,15). The Morgan fingerprint density at radius 1 is 1.38 bits per heavy atom. The van der Waals surface area contributed by atoms with Gasteiger partial charge in [0, 0.05) is 11.0 Å². The van der Waals surface area contributed by atoms with E-state index in [0.717, 1.165) is 4.47 Å². The Kier molecular flexibility index (Phi) is 6.07. The summed E-state index contributed by atoms with van der Waals surface area (Å²) in [6.45, 7) is 1.13. The average Bonchev–Trinajstić information content (AvgIpc) is 2.29. The van der Waals surface area contributed by atoms with E-state index in [-0.39, 0.29) is 12.5 Å². The second kappa shape index (κ2) is 7.38. The second-order valence-corrected chi connectivity index (χ2v) is 3.93. The number of carbonyl (C=O) groups is 1. The third kappa shape index (κ3) is 4.30. The van der Waals surface area contributed by atoms with Crippen LogP contribution in [0.25, 0.3) is 0 Å². The maximum absolute atomic E-state index is 11.7. The Labute approximate surface area is 103 Å². The van der Waals surface area contributed by atoms with Crippen LogP contribution in [-0.4, -0.2) is 37.4 Å². The first kappa shape index (κ1) is 13.2. The van der Waals surface area contributed by atoms with Crippen molar-refractivity contribution in [2.24, 2.45) is 0 Å². The molecule has 1 aromatic carbocycles. The number of hydrogen-bond acceptors (Lipinski definition) is 3. The zero-order valence-electron chi connectivity index (χ0n) is 8.78. The lowest BCUT2D eigenvalue weighted by Gasteiger charge is -2.06. The largest absolute Gasteiger partial charge is 0.394 e. The number of carbonyl (C=O) groups excluding carboxylic acids is 1. The molecule has 0 fully saturated rings. The molecular formula is C11H14BrNO3. The molecule has 5 heteroatoms. The molecule has 0 heterocycles. The second-order valence-electron chi connectivity index (χ2n) is 3.07. The van der Waals surface area contributed by atoms with Gasteiger partial charge in [0.05, 0.1) is 25.4 Å². The highest BCUT2D eigenvalue weighted by atomic mass is 79.9. The van der Waals surface area contributed by atoms with E-state index in [9.17, 15) is 4.79 Å². The van der Waals surface area contributed by atoms with E-state index in [4.69, 9.17) is 9.84 Å². The third-order valence-corrected chi connectivity index (χ3v) is 2.58. The van der Waals surface area contributed by atoms with Crippen LogP contribution in [-0.2, 0) is 4.74 Å². The molecule has 88 valence electrons. The monoisotopic (exact) mass is 287 g/mol. The number of ether oxygens (including phenoxy) is 1. The lowest BCUT2D eigenvalue weighted by Crippen LogP contribution is -2.27. The summed E-state index contributed by atoms with van der Waals surface area (Å²) in [5, 5.41) is 11.2. The minimum Gasteiger partial charge on any atom is -0.394 e. The number of rotatable bonds is 6. The molecule has 16 heavy (non-hydrogen) atoms. The Morgan fingerprint density at radius 3 is 2.81 bits per heavy atom. The molecule has 0 saturated heterocycles. The minimum absolute atomic E-state index is 0.00181. The third-order valence-electron chi connectivity index (χ3n) is 1.89. The first-order valence-corrected chi connectivity index (χ1v) is 5.76. The van der Waals surface area contributed by atoms with E-state index in [2.05, 4.69) is 21.2 Å². The zero-order chi connectivity index (χ0) is 11.8. The fourth-order valence-electron chi connectivity index (χ4n) is 1.14. The van der Waals surface area contributed by atoms with Gasteiger partial charge in [0.15, 0.2) is 0 Å². The van der Waals surface area contributed by atoms with Crippen LogP contribution in [0.4, 0.5) is 0 Å². The van der Waals surface area contributed by atoms with Crippen LogP contribution >= 0.6 is 15.9 Å². The van der Waals surface area contributed by atoms with Gasteiger partial charge in [-0.1, -0.05) is 12.1 Å². The van der Waals surface area contributed by atoms with E-state index in [1.807, 2.05) is 18.2 Å². The van der Waals surface area contributed by atoms with Gasteiger partial charge in [-0.15, -0.1) is 0 Å². The number of aliphatic hydroxyl groups is 1. The molecule has 0 aliphatic heterocycles. The fraction of sp³-hybridized carbons (Fsp3) is 0.364. The number of hydrogen-bond donors (Lipinski definition) is 2. The Hall–Kier alpha value is -0.910. The summed E-state index contributed by atoms with van der Waals surface area (Å²) in [5.41, 5.74) is 0.602. The summed E-state index contributed by atoms with van der Waals surface area (Å²) in [6, 6.07) is 7.22. The van der Waals surface area contributed by atoms with Crippen molar-refractivity contribution >= 4 is 21.8 Å². The molecule has 4 nitrogen and oxygen atoms in total. The minimum atomic E-state index is -0.139. The van der Waals surface area contributed by atoms with Gasteiger partial charge in [0.1, 0.15) is 0 Å². The predicted molar refractivity (Wildman–Crippen MR) is 64.4 cm³/mol. The number of nitrogens with one attached hydrogen (secondary N) is 1. The summed E-state index contributed by atoms with van der Waals surface area (Å²) < 4.78 is 5.79. The maximum atomic E-state index is 11.7. The number of aliphatic hydroxyl groups excluding tert-OH is 1. The van der Waals surface area contributed by atoms with Gasteiger partial charge in [0.2, 0.25) is 0 Å². The normalized spacial score (nSPS) is 10.1. The van der Waals surface area contributed by atoms with Crippen molar-refractivity contribution in [2.45, 2.75) is 0 Å². The first-order valence-electron chi connectivity index (χ1n) is 4.97. The van der Waals surface area contributed by atoms with Crippen LogP contribution in [0.15, 0.2) is 28.7 Å². The van der Waals surface area contributed by atoms with Crippen LogP contribution < -0.4 is 5.32 Å². The maximum Gasteiger partial charge on any atom is 0.252 e. The molecule has 0 radical (unpaired) electrons. The van der Waals surface area contributed by atoms with Crippen LogP contribution in [0.2, 0.25) is 0 Å². The van der Waals surface area contributed by atoms with Crippen molar-refractivity contribution in [3.63, 3.8) is 0 Å². The molecule has 1 aromatic rings. The van der Waals surface area contributed by atoms with Crippen LogP contribution in [0.1, 0.15) is 10.4 Å². The summed E-state index contributed by atoms with van der Waals surface area (Å²) in [5.74, 6) is -0.139. The Bertz CT molecular complexity index is 344. The van der Waals surface area contributed by atoms with Crippen molar-refractivity contribution in [3.8, 4) is 0 Å². The summed E-state index contributed by atoms with van der Waals surface area (Å²) in [6.07, 6.45) is 0. The van der Waals surface area contributed by atoms with Crippen molar-refractivity contribution < 1.29 is 14.6 Å². The number of benzene rings is 1. The highest BCUT2D eigenvalue weighted by molar-refractivity contribution is 9.10. The molecule has 1 rings (SSSR count). The van der Waals surface area contributed by atoms with Crippen LogP contribution in [0.3, 0.4) is 0 Å². The molecule has 0 saturated carbocycles. The van der Waals surface area contributed by atoms with Crippen molar-refractivity contribution in [2.75, 3.05) is 26.4 Å². The molecule has 2 N–H and O–H groups in total. The van der Waals surface area contributed by atoms with Gasteiger partial charge in [-0.2, -0.15) is 0 Å². The predicted octanol–water partition coefficient (Wildman–Crippen LogP) is 1.19. The molecule has 0 bridgehead atoms. The molecule has 0 aromatic heterocycles. The molecule has 0 atom stereocenters. The zero-order valence-corrected chi connectivity index (χ0v) is 10.4. The average molecular weight is 288 g/mol. The molecule has 0 aliphatic rings. The number of amides is 1. The molecule has 0 spiro atoms. The summed E-state index contributed by atoms with van der Waals surface area (Å²) >= 11 is 3.31. The molecule has 0 unspecified atom stereocenters. The van der Waals surface area contributed by atoms with Gasteiger partial charge < -0.3 is 15.2 Å².